The Kier molecular flexibility index (Phi) is 3.62. The van der Waals surface area contributed by atoms with Crippen LogP contribution < -0.4 is 4.74 Å². The number of aliphatic hydroxyl groups excluding tert-OH is 1. The molecule has 108 valence electrons. The highest BCUT2D eigenvalue weighted by molar-refractivity contribution is 5.78. The molecule has 2 aromatic carbocycles. The summed E-state index contributed by atoms with van der Waals surface area (Å²) in [7, 11) is 0. The van der Waals surface area contributed by atoms with E-state index in [2.05, 4.69) is 0 Å². The predicted octanol–water partition coefficient (Wildman–Crippen LogP) is 4.05. The third kappa shape index (κ3) is 2.76. The summed E-state index contributed by atoms with van der Waals surface area (Å²) < 4.78 is 24.2. The molecule has 1 unspecified atom stereocenters. The summed E-state index contributed by atoms with van der Waals surface area (Å²) in [5.74, 6) is 0.739. The van der Waals surface area contributed by atoms with Gasteiger partial charge in [0.05, 0.1) is 6.61 Å². The summed E-state index contributed by atoms with van der Waals surface area (Å²) in [6.45, 7) is 2.46. The van der Waals surface area contributed by atoms with Gasteiger partial charge in [0.1, 0.15) is 29.0 Å². The van der Waals surface area contributed by atoms with Crippen molar-refractivity contribution in [2.75, 3.05) is 6.61 Å². The van der Waals surface area contributed by atoms with Crippen LogP contribution >= 0.6 is 0 Å². The maximum absolute atomic E-state index is 13.2. The lowest BCUT2D eigenvalue weighted by Crippen LogP contribution is -1.99. The van der Waals surface area contributed by atoms with Gasteiger partial charge in [0.25, 0.3) is 0 Å². The van der Waals surface area contributed by atoms with Gasteiger partial charge in [-0.05, 0) is 48.9 Å². The lowest BCUT2D eigenvalue weighted by molar-refractivity contribution is 0.191. The SMILES string of the molecule is CCOc1cccc(C(O)c2cc3cc(F)ccc3o2)c1. The normalized spacial score (nSPS) is 12.5. The molecule has 3 nitrogen and oxygen atoms in total. The molecule has 0 aliphatic heterocycles. The molecule has 0 fully saturated rings. The minimum Gasteiger partial charge on any atom is -0.494 e. The van der Waals surface area contributed by atoms with Crippen LogP contribution in [0.15, 0.2) is 52.9 Å². The van der Waals surface area contributed by atoms with E-state index in [1.165, 1.54) is 12.1 Å². The van der Waals surface area contributed by atoms with Crippen molar-refractivity contribution in [1.29, 1.82) is 0 Å². The Labute approximate surface area is 121 Å². The fourth-order valence-corrected chi connectivity index (χ4v) is 2.27. The second-order valence-electron chi connectivity index (χ2n) is 4.74. The second kappa shape index (κ2) is 5.58. The summed E-state index contributed by atoms with van der Waals surface area (Å²) in [6.07, 6.45) is -0.916. The molecule has 0 aliphatic carbocycles. The highest BCUT2D eigenvalue weighted by Crippen LogP contribution is 2.30. The molecule has 21 heavy (non-hydrogen) atoms. The summed E-state index contributed by atoms with van der Waals surface area (Å²) in [6, 6.07) is 13.1. The standard InChI is InChI=1S/C17H15FO3/c1-2-20-14-5-3-4-11(9-14)17(19)16-10-12-8-13(18)6-7-15(12)21-16/h3-10,17,19H,2H2,1H3. The van der Waals surface area contributed by atoms with Gasteiger partial charge in [-0.1, -0.05) is 12.1 Å². The van der Waals surface area contributed by atoms with Crippen molar-refractivity contribution in [2.24, 2.45) is 0 Å². The summed E-state index contributed by atoms with van der Waals surface area (Å²) >= 11 is 0. The number of rotatable bonds is 4. The largest absolute Gasteiger partial charge is 0.494 e. The van der Waals surface area contributed by atoms with Crippen molar-refractivity contribution in [2.45, 2.75) is 13.0 Å². The maximum Gasteiger partial charge on any atom is 0.138 e. The summed E-state index contributed by atoms with van der Waals surface area (Å²) in [4.78, 5) is 0. The predicted molar refractivity (Wildman–Crippen MR) is 77.8 cm³/mol. The highest BCUT2D eigenvalue weighted by atomic mass is 19.1. The molecule has 1 N–H and O–H groups in total. The quantitative estimate of drug-likeness (QED) is 0.786. The van der Waals surface area contributed by atoms with Crippen LogP contribution in [0.2, 0.25) is 0 Å². The Morgan fingerprint density at radius 1 is 1.19 bits per heavy atom. The molecule has 0 bridgehead atoms. The third-order valence-electron chi connectivity index (χ3n) is 3.25. The number of fused-ring (bicyclic) bond motifs is 1. The van der Waals surface area contributed by atoms with Gasteiger partial charge in [-0.3, -0.25) is 0 Å². The van der Waals surface area contributed by atoms with Crippen molar-refractivity contribution in [3.63, 3.8) is 0 Å². The first-order valence-corrected chi connectivity index (χ1v) is 6.77. The van der Waals surface area contributed by atoms with Gasteiger partial charge in [0.2, 0.25) is 0 Å². The topological polar surface area (TPSA) is 42.6 Å². The zero-order valence-corrected chi connectivity index (χ0v) is 11.5. The molecule has 1 atom stereocenters. The minimum atomic E-state index is -0.916. The van der Waals surface area contributed by atoms with E-state index >= 15 is 0 Å². The molecular formula is C17H15FO3. The molecule has 1 heterocycles. The minimum absolute atomic E-state index is 0.331. The van der Waals surface area contributed by atoms with Crippen molar-refractivity contribution in [1.82, 2.24) is 0 Å². The molecule has 4 heteroatoms. The van der Waals surface area contributed by atoms with Gasteiger partial charge in [-0.25, -0.2) is 4.39 Å². The average Bonchev–Trinajstić information content (AvgIpc) is 2.90. The lowest BCUT2D eigenvalue weighted by atomic mass is 10.1. The van der Waals surface area contributed by atoms with Crippen LogP contribution in [-0.4, -0.2) is 11.7 Å². The van der Waals surface area contributed by atoms with Crippen LogP contribution in [0.4, 0.5) is 4.39 Å². The highest BCUT2D eigenvalue weighted by Gasteiger charge is 2.16. The molecule has 0 radical (unpaired) electrons. The molecule has 3 rings (SSSR count). The Hall–Kier alpha value is -2.33. The van der Waals surface area contributed by atoms with Crippen LogP contribution in [0.3, 0.4) is 0 Å². The Balaban J connectivity index is 1.95. The molecule has 0 saturated heterocycles. The van der Waals surface area contributed by atoms with E-state index in [0.29, 0.717) is 34.6 Å². The Morgan fingerprint density at radius 2 is 2.05 bits per heavy atom. The van der Waals surface area contributed by atoms with E-state index in [1.54, 1.807) is 24.3 Å². The first-order chi connectivity index (χ1) is 10.2. The van der Waals surface area contributed by atoms with Crippen molar-refractivity contribution < 1.29 is 18.7 Å². The van der Waals surface area contributed by atoms with Crippen molar-refractivity contribution in [3.8, 4) is 5.75 Å². The van der Waals surface area contributed by atoms with Crippen molar-refractivity contribution >= 4 is 11.0 Å². The van der Waals surface area contributed by atoms with Gasteiger partial charge in [0, 0.05) is 5.39 Å². The van der Waals surface area contributed by atoms with E-state index in [4.69, 9.17) is 9.15 Å². The van der Waals surface area contributed by atoms with Gasteiger partial charge in [-0.15, -0.1) is 0 Å². The lowest BCUT2D eigenvalue weighted by Gasteiger charge is -2.10. The van der Waals surface area contributed by atoms with Crippen LogP contribution in [0, 0.1) is 5.82 Å². The Morgan fingerprint density at radius 3 is 2.86 bits per heavy atom. The number of ether oxygens (including phenoxy) is 1. The molecule has 0 spiro atoms. The molecule has 0 aliphatic rings. The Bertz CT molecular complexity index is 764. The molecule has 0 amide bonds. The number of hydrogen-bond acceptors (Lipinski definition) is 3. The molecular weight excluding hydrogens is 271 g/mol. The number of aliphatic hydroxyl groups is 1. The van der Waals surface area contributed by atoms with Crippen LogP contribution in [-0.2, 0) is 0 Å². The number of hydrogen-bond donors (Lipinski definition) is 1. The fraction of sp³-hybridized carbons (Fsp3) is 0.176. The number of benzene rings is 2. The van der Waals surface area contributed by atoms with E-state index < -0.39 is 6.10 Å². The van der Waals surface area contributed by atoms with Crippen LogP contribution in [0.5, 0.6) is 5.75 Å². The van der Waals surface area contributed by atoms with Crippen LogP contribution in [0.25, 0.3) is 11.0 Å². The van der Waals surface area contributed by atoms with Gasteiger partial charge in [-0.2, -0.15) is 0 Å². The fourth-order valence-electron chi connectivity index (χ4n) is 2.27. The average molecular weight is 286 g/mol. The van der Waals surface area contributed by atoms with E-state index in [1.807, 2.05) is 19.1 Å². The summed E-state index contributed by atoms with van der Waals surface area (Å²) in [5.41, 5.74) is 1.21. The maximum atomic E-state index is 13.2. The van der Waals surface area contributed by atoms with E-state index in [9.17, 15) is 9.50 Å². The monoisotopic (exact) mass is 286 g/mol. The second-order valence-corrected chi connectivity index (χ2v) is 4.74. The molecule has 0 saturated carbocycles. The zero-order chi connectivity index (χ0) is 14.8. The van der Waals surface area contributed by atoms with Crippen LogP contribution in [0.1, 0.15) is 24.4 Å². The number of halogens is 1. The van der Waals surface area contributed by atoms with Gasteiger partial charge < -0.3 is 14.3 Å². The van der Waals surface area contributed by atoms with Gasteiger partial charge in [0.15, 0.2) is 0 Å². The van der Waals surface area contributed by atoms with Crippen molar-refractivity contribution in [3.05, 3.63) is 65.7 Å². The van der Waals surface area contributed by atoms with Gasteiger partial charge >= 0.3 is 0 Å². The molecule has 1 aromatic heterocycles. The molecule has 3 aromatic rings. The zero-order valence-electron chi connectivity index (χ0n) is 11.5. The first kappa shape index (κ1) is 13.6. The summed E-state index contributed by atoms with van der Waals surface area (Å²) in [5, 5.41) is 11.0. The first-order valence-electron chi connectivity index (χ1n) is 6.77. The smallest absolute Gasteiger partial charge is 0.138 e. The van der Waals surface area contributed by atoms with E-state index in [-0.39, 0.29) is 5.82 Å². The third-order valence-corrected chi connectivity index (χ3v) is 3.25. The van der Waals surface area contributed by atoms with E-state index in [0.717, 1.165) is 0 Å². The number of furan rings is 1.